The van der Waals surface area contributed by atoms with Gasteiger partial charge >= 0.3 is 0 Å². The number of aromatic nitrogens is 4. The number of Topliss-reactive ketones (excluding diaryl/α,β-unsaturated/α-hetero) is 1. The first-order chi connectivity index (χ1) is 8.66. The number of ketones is 1. The minimum atomic E-state index is -0.220. The molecule has 0 saturated carbocycles. The Morgan fingerprint density at radius 2 is 2.33 bits per heavy atom. The van der Waals surface area contributed by atoms with Crippen molar-refractivity contribution in [2.24, 2.45) is 7.05 Å². The van der Waals surface area contributed by atoms with Gasteiger partial charge in [0.2, 0.25) is 0 Å². The van der Waals surface area contributed by atoms with Crippen LogP contribution >= 0.6 is 0 Å². The quantitative estimate of drug-likeness (QED) is 0.783. The van der Waals surface area contributed by atoms with E-state index in [1.54, 1.807) is 10.9 Å². The highest BCUT2D eigenvalue weighted by Crippen LogP contribution is 2.20. The Morgan fingerprint density at radius 3 is 3.11 bits per heavy atom. The van der Waals surface area contributed by atoms with E-state index in [-0.39, 0.29) is 11.7 Å². The maximum Gasteiger partial charge on any atom is 0.146 e. The number of carbonyl (C=O) groups is 1. The number of aryl methyl sites for hydroxylation is 2. The average molecular weight is 245 g/mol. The Bertz CT molecular complexity index is 618. The lowest BCUT2D eigenvalue weighted by Gasteiger charge is -2.20. The van der Waals surface area contributed by atoms with E-state index in [1.807, 2.05) is 14.0 Å². The first-order valence-corrected chi connectivity index (χ1v) is 6.06. The Morgan fingerprint density at radius 1 is 1.50 bits per heavy atom. The van der Waals surface area contributed by atoms with Gasteiger partial charge in [-0.2, -0.15) is 5.10 Å². The van der Waals surface area contributed by atoms with Crippen molar-refractivity contribution in [2.45, 2.75) is 19.3 Å². The van der Waals surface area contributed by atoms with Crippen molar-refractivity contribution >= 4 is 16.8 Å². The van der Waals surface area contributed by atoms with Gasteiger partial charge in [0.25, 0.3) is 0 Å². The van der Waals surface area contributed by atoms with Crippen LogP contribution < -0.4 is 5.32 Å². The molecule has 2 aromatic heterocycles. The van der Waals surface area contributed by atoms with Crippen LogP contribution in [-0.2, 0) is 11.8 Å². The molecule has 1 aliphatic heterocycles. The van der Waals surface area contributed by atoms with Crippen LogP contribution in [0.5, 0.6) is 0 Å². The fourth-order valence-electron chi connectivity index (χ4n) is 2.37. The lowest BCUT2D eigenvalue weighted by Crippen LogP contribution is -2.36. The molecule has 1 N–H and O–H groups in total. The molecule has 1 atom stereocenters. The fourth-order valence-corrected chi connectivity index (χ4v) is 2.37. The summed E-state index contributed by atoms with van der Waals surface area (Å²) in [6.07, 6.45) is 2.30. The first-order valence-electron chi connectivity index (χ1n) is 6.06. The van der Waals surface area contributed by atoms with E-state index in [0.29, 0.717) is 18.8 Å². The molecular weight excluding hydrogens is 230 g/mol. The SMILES string of the molecule is Cc1nn(C)c2cnc(C3CNCCC3=O)nc12. The van der Waals surface area contributed by atoms with Gasteiger partial charge in [0.15, 0.2) is 0 Å². The molecule has 0 spiro atoms. The molecule has 3 heterocycles. The Kier molecular flexibility index (Phi) is 2.59. The number of rotatable bonds is 1. The molecule has 0 radical (unpaired) electrons. The van der Waals surface area contributed by atoms with Gasteiger partial charge in [-0.25, -0.2) is 9.97 Å². The zero-order chi connectivity index (χ0) is 12.7. The molecule has 2 aromatic rings. The highest BCUT2D eigenvalue weighted by molar-refractivity contribution is 5.86. The molecule has 6 nitrogen and oxygen atoms in total. The Hall–Kier alpha value is -1.82. The third kappa shape index (κ3) is 1.69. The van der Waals surface area contributed by atoms with Crippen LogP contribution in [0.25, 0.3) is 11.0 Å². The zero-order valence-electron chi connectivity index (χ0n) is 10.5. The van der Waals surface area contributed by atoms with Crippen LogP contribution in [0.2, 0.25) is 0 Å². The highest BCUT2D eigenvalue weighted by atomic mass is 16.1. The normalized spacial score (nSPS) is 20.6. The summed E-state index contributed by atoms with van der Waals surface area (Å²) >= 11 is 0. The van der Waals surface area contributed by atoms with E-state index in [1.165, 1.54) is 0 Å². The van der Waals surface area contributed by atoms with E-state index in [0.717, 1.165) is 23.3 Å². The number of hydrogen-bond donors (Lipinski definition) is 1. The minimum absolute atomic E-state index is 0.217. The number of nitrogens with one attached hydrogen (secondary N) is 1. The lowest BCUT2D eigenvalue weighted by molar-refractivity contribution is -0.121. The number of carbonyl (C=O) groups excluding carboxylic acids is 1. The van der Waals surface area contributed by atoms with Gasteiger partial charge in [0.1, 0.15) is 22.6 Å². The molecule has 0 amide bonds. The van der Waals surface area contributed by atoms with Crippen molar-refractivity contribution in [2.75, 3.05) is 13.1 Å². The number of hydrogen-bond acceptors (Lipinski definition) is 5. The summed E-state index contributed by atoms with van der Waals surface area (Å²) in [6.45, 7) is 3.30. The van der Waals surface area contributed by atoms with E-state index in [4.69, 9.17) is 0 Å². The second-order valence-corrected chi connectivity index (χ2v) is 4.64. The predicted molar refractivity (Wildman–Crippen MR) is 66.3 cm³/mol. The smallest absolute Gasteiger partial charge is 0.146 e. The topological polar surface area (TPSA) is 72.7 Å². The van der Waals surface area contributed by atoms with Crippen molar-refractivity contribution < 1.29 is 4.79 Å². The standard InChI is InChI=1S/C12H15N5O/c1-7-11-9(17(2)16-7)6-14-12(15-11)8-5-13-4-3-10(8)18/h6,8,13H,3-5H2,1-2H3. The van der Waals surface area contributed by atoms with E-state index >= 15 is 0 Å². The second-order valence-electron chi connectivity index (χ2n) is 4.64. The van der Waals surface area contributed by atoms with Gasteiger partial charge in [0, 0.05) is 26.6 Å². The molecular formula is C12H15N5O. The first kappa shape index (κ1) is 11.3. The molecule has 0 aromatic carbocycles. The maximum atomic E-state index is 11.9. The Balaban J connectivity index is 2.07. The molecule has 94 valence electrons. The molecule has 1 aliphatic rings. The van der Waals surface area contributed by atoms with Gasteiger partial charge in [-0.1, -0.05) is 0 Å². The van der Waals surface area contributed by atoms with Gasteiger partial charge < -0.3 is 5.32 Å². The Labute approximate surface area is 104 Å². The summed E-state index contributed by atoms with van der Waals surface area (Å²) in [5.74, 6) is 0.605. The molecule has 0 aliphatic carbocycles. The monoisotopic (exact) mass is 245 g/mol. The third-order valence-electron chi connectivity index (χ3n) is 3.38. The summed E-state index contributed by atoms with van der Waals surface area (Å²) in [6, 6.07) is 0. The summed E-state index contributed by atoms with van der Waals surface area (Å²) in [5, 5.41) is 7.52. The average Bonchev–Trinajstić information content (AvgIpc) is 2.65. The molecule has 1 fully saturated rings. The van der Waals surface area contributed by atoms with E-state index in [9.17, 15) is 4.79 Å². The number of nitrogens with zero attached hydrogens (tertiary/aromatic N) is 4. The van der Waals surface area contributed by atoms with Crippen LogP contribution in [0.4, 0.5) is 0 Å². The summed E-state index contributed by atoms with van der Waals surface area (Å²) in [4.78, 5) is 20.7. The third-order valence-corrected chi connectivity index (χ3v) is 3.38. The summed E-state index contributed by atoms with van der Waals surface area (Å²) < 4.78 is 1.76. The van der Waals surface area contributed by atoms with Gasteiger partial charge in [0.05, 0.1) is 17.8 Å². The molecule has 0 bridgehead atoms. The molecule has 6 heteroatoms. The van der Waals surface area contributed by atoms with Gasteiger partial charge in [-0.3, -0.25) is 9.48 Å². The maximum absolute atomic E-state index is 11.9. The van der Waals surface area contributed by atoms with Crippen molar-refractivity contribution in [3.05, 3.63) is 17.7 Å². The fraction of sp³-hybridized carbons (Fsp3) is 0.500. The van der Waals surface area contributed by atoms with E-state index in [2.05, 4.69) is 20.4 Å². The minimum Gasteiger partial charge on any atom is -0.315 e. The zero-order valence-corrected chi connectivity index (χ0v) is 10.5. The van der Waals surface area contributed by atoms with Gasteiger partial charge in [-0.15, -0.1) is 0 Å². The van der Waals surface area contributed by atoms with Crippen LogP contribution in [0, 0.1) is 6.92 Å². The van der Waals surface area contributed by atoms with Gasteiger partial charge in [-0.05, 0) is 6.92 Å². The van der Waals surface area contributed by atoms with Crippen LogP contribution in [0.3, 0.4) is 0 Å². The van der Waals surface area contributed by atoms with Crippen LogP contribution in [0.15, 0.2) is 6.20 Å². The molecule has 18 heavy (non-hydrogen) atoms. The van der Waals surface area contributed by atoms with Crippen molar-refractivity contribution in [1.29, 1.82) is 0 Å². The largest absolute Gasteiger partial charge is 0.315 e. The second kappa shape index (κ2) is 4.13. The number of piperidine rings is 1. The van der Waals surface area contributed by atoms with Crippen LogP contribution in [-0.4, -0.2) is 38.6 Å². The van der Waals surface area contributed by atoms with Crippen LogP contribution in [0.1, 0.15) is 23.9 Å². The highest BCUT2D eigenvalue weighted by Gasteiger charge is 2.26. The molecule has 1 unspecified atom stereocenters. The number of fused-ring (bicyclic) bond motifs is 1. The summed E-state index contributed by atoms with van der Waals surface area (Å²) in [5.41, 5.74) is 2.60. The van der Waals surface area contributed by atoms with E-state index < -0.39 is 0 Å². The molecule has 3 rings (SSSR count). The van der Waals surface area contributed by atoms with Crippen molar-refractivity contribution in [1.82, 2.24) is 25.1 Å². The summed E-state index contributed by atoms with van der Waals surface area (Å²) in [7, 11) is 1.87. The molecule has 1 saturated heterocycles. The van der Waals surface area contributed by atoms with Crippen molar-refractivity contribution in [3.8, 4) is 0 Å². The van der Waals surface area contributed by atoms with Crippen molar-refractivity contribution in [3.63, 3.8) is 0 Å². The lowest BCUT2D eigenvalue weighted by atomic mass is 9.97. The predicted octanol–water partition coefficient (Wildman–Crippen LogP) is 0.318.